The van der Waals surface area contributed by atoms with Gasteiger partial charge in [0.1, 0.15) is 17.0 Å². The average Bonchev–Trinajstić information content (AvgIpc) is 3.99. The molecule has 0 radical (unpaired) electrons. The first-order chi connectivity index (χ1) is 34.1. The summed E-state index contributed by atoms with van der Waals surface area (Å²) in [6.07, 6.45) is 2.66. The first-order valence-electron chi connectivity index (χ1n) is 24.7. The van der Waals surface area contributed by atoms with Gasteiger partial charge in [-0.25, -0.2) is 0 Å². The zero-order valence-electron chi connectivity index (χ0n) is 44.3. The highest BCUT2D eigenvalue weighted by Crippen LogP contribution is 2.52. The Morgan fingerprint density at radius 1 is 0.622 bits per heavy atom. The molecule has 2 fully saturated rings. The SMILES string of the molecule is CC(C)(C)OC(=O)C[C@@H](CC(=O)O)c1noc(-c2cc(C(F)(F)C(C)(C)C)on2)c1C1CC1.Cc1ccc(CC(=O)C[C@H](CC(=O)OC(C)(C)C)c2noc(-c3cc(C(F)(F)C(C)(C)C)on3)c2C2CC2)c(Cl)c1. The molecule has 5 aromatic rings. The Morgan fingerprint density at radius 3 is 1.38 bits per heavy atom. The second kappa shape index (κ2) is 21.4. The molecule has 2 aliphatic carbocycles. The molecule has 0 aliphatic heterocycles. The second-order valence-electron chi connectivity index (χ2n) is 23.6. The van der Waals surface area contributed by atoms with E-state index >= 15 is 0 Å². The summed E-state index contributed by atoms with van der Waals surface area (Å²) in [6.45, 7) is 20.8. The van der Waals surface area contributed by atoms with Gasteiger partial charge in [0.05, 0.1) is 30.7 Å². The molecule has 2 atom stereocenters. The number of hydrogen-bond acceptors (Lipinski definition) is 14. The predicted octanol–water partition coefficient (Wildman–Crippen LogP) is 14.0. The molecule has 2 aliphatic rings. The molecule has 404 valence electrons. The van der Waals surface area contributed by atoms with Crippen molar-refractivity contribution >= 4 is 35.3 Å². The Kier molecular flexibility index (Phi) is 16.6. The minimum Gasteiger partial charge on any atom is -0.481 e. The Bertz CT molecular complexity index is 2830. The average molecular weight is 1060 g/mol. The zero-order chi connectivity index (χ0) is 55.1. The number of aryl methyl sites for hydroxylation is 1. The van der Waals surface area contributed by atoms with Crippen molar-refractivity contribution in [3.05, 3.63) is 80.5 Å². The maximum absolute atomic E-state index is 15.0. The number of aromatic nitrogens is 4. The summed E-state index contributed by atoms with van der Waals surface area (Å²) < 4.78 is 91.5. The van der Waals surface area contributed by atoms with Gasteiger partial charge in [0.15, 0.2) is 22.9 Å². The molecule has 7 rings (SSSR count). The first-order valence-corrected chi connectivity index (χ1v) is 25.1. The van der Waals surface area contributed by atoms with Crippen LogP contribution in [-0.2, 0) is 46.9 Å². The summed E-state index contributed by atoms with van der Waals surface area (Å²) in [4.78, 5) is 50.2. The zero-order valence-corrected chi connectivity index (χ0v) is 45.0. The number of carboxylic acid groups (broad SMARTS) is 1. The van der Waals surface area contributed by atoms with Gasteiger partial charge in [-0.05, 0) is 103 Å². The van der Waals surface area contributed by atoms with Crippen LogP contribution >= 0.6 is 11.6 Å². The molecule has 15 nitrogen and oxygen atoms in total. The van der Waals surface area contributed by atoms with E-state index in [9.17, 15) is 41.8 Å². The number of ketones is 1. The quantitative estimate of drug-likeness (QED) is 0.0639. The van der Waals surface area contributed by atoms with E-state index in [1.807, 2.05) is 19.1 Å². The van der Waals surface area contributed by atoms with E-state index in [4.69, 9.17) is 39.2 Å². The van der Waals surface area contributed by atoms with E-state index in [0.717, 1.165) is 37.3 Å². The number of Topliss-reactive ketones (excluding diaryl/α,β-unsaturated/α-hetero) is 1. The molecule has 0 amide bonds. The van der Waals surface area contributed by atoms with Crippen molar-refractivity contribution in [2.75, 3.05) is 0 Å². The molecule has 1 aromatic carbocycles. The monoisotopic (exact) mass is 1060 g/mol. The molecule has 0 spiro atoms. The molecule has 0 bridgehead atoms. The van der Waals surface area contributed by atoms with Crippen LogP contribution in [0.5, 0.6) is 0 Å². The summed E-state index contributed by atoms with van der Waals surface area (Å²) >= 11 is 6.37. The maximum atomic E-state index is 15.0. The van der Waals surface area contributed by atoms with Crippen LogP contribution in [0, 0.1) is 17.8 Å². The van der Waals surface area contributed by atoms with Crippen molar-refractivity contribution in [2.45, 2.75) is 195 Å². The van der Waals surface area contributed by atoms with Gasteiger partial charge in [0, 0.05) is 63.8 Å². The van der Waals surface area contributed by atoms with Crippen LogP contribution in [0.15, 0.2) is 48.4 Å². The molecule has 4 aromatic heterocycles. The fraction of sp³-hybridized carbons (Fsp3) is 0.593. The Morgan fingerprint density at radius 2 is 1.03 bits per heavy atom. The van der Waals surface area contributed by atoms with Crippen molar-refractivity contribution in [1.82, 2.24) is 20.6 Å². The lowest BCUT2D eigenvalue weighted by atomic mass is 9.86. The minimum atomic E-state index is -3.27. The largest absolute Gasteiger partial charge is 0.481 e. The lowest BCUT2D eigenvalue weighted by Gasteiger charge is -2.27. The number of rotatable bonds is 18. The van der Waals surface area contributed by atoms with Gasteiger partial charge in [0.2, 0.25) is 11.5 Å². The topological polar surface area (TPSA) is 211 Å². The number of benzene rings is 1. The van der Waals surface area contributed by atoms with Crippen LogP contribution in [0.4, 0.5) is 17.6 Å². The van der Waals surface area contributed by atoms with Crippen LogP contribution in [0.1, 0.15) is 203 Å². The number of hydrogen-bond donors (Lipinski definition) is 1. The molecule has 20 heteroatoms. The summed E-state index contributed by atoms with van der Waals surface area (Å²) in [7, 11) is 0. The van der Waals surface area contributed by atoms with Crippen molar-refractivity contribution in [1.29, 1.82) is 0 Å². The molecule has 0 unspecified atom stereocenters. The lowest BCUT2D eigenvalue weighted by molar-refractivity contribution is -0.156. The molecule has 1 N–H and O–H groups in total. The summed E-state index contributed by atoms with van der Waals surface area (Å²) in [5, 5.41) is 25.9. The van der Waals surface area contributed by atoms with E-state index in [0.29, 0.717) is 33.1 Å². The number of ether oxygens (including phenoxy) is 2. The number of aliphatic carboxylic acids is 1. The summed E-state index contributed by atoms with van der Waals surface area (Å²) in [5.41, 5.74) is -0.409. The van der Waals surface area contributed by atoms with E-state index in [1.165, 1.54) is 47.6 Å². The normalized spacial score (nSPS) is 15.5. The number of carbonyl (C=O) groups excluding carboxylic acids is 3. The number of carbonyl (C=O) groups is 4. The highest BCUT2D eigenvalue weighted by molar-refractivity contribution is 6.31. The fourth-order valence-corrected chi connectivity index (χ4v) is 8.48. The van der Waals surface area contributed by atoms with E-state index in [2.05, 4.69) is 20.6 Å². The third-order valence-corrected chi connectivity index (χ3v) is 12.8. The van der Waals surface area contributed by atoms with E-state index in [1.54, 1.807) is 47.6 Å². The van der Waals surface area contributed by atoms with Crippen LogP contribution in [0.25, 0.3) is 22.9 Å². The van der Waals surface area contributed by atoms with Crippen molar-refractivity contribution in [3.63, 3.8) is 0 Å². The minimum absolute atomic E-state index is 0.0126. The summed E-state index contributed by atoms with van der Waals surface area (Å²) in [5.74, 6) is -11.0. The Hall–Kier alpha value is -5.85. The fourth-order valence-electron chi connectivity index (χ4n) is 8.18. The molecule has 0 saturated heterocycles. The highest BCUT2D eigenvalue weighted by atomic mass is 35.5. The highest BCUT2D eigenvalue weighted by Gasteiger charge is 2.50. The van der Waals surface area contributed by atoms with Crippen LogP contribution in [0.2, 0.25) is 5.02 Å². The third-order valence-electron chi connectivity index (χ3n) is 12.4. The van der Waals surface area contributed by atoms with Gasteiger partial charge in [-0.15, -0.1) is 0 Å². The van der Waals surface area contributed by atoms with Gasteiger partial charge >= 0.3 is 29.8 Å². The van der Waals surface area contributed by atoms with E-state index in [-0.39, 0.29) is 72.6 Å². The number of esters is 2. The van der Waals surface area contributed by atoms with Crippen molar-refractivity contribution < 1.29 is 69.4 Å². The standard InChI is InChI=1S/C31H37ClF2N2O5.C23H30F2N2O6/c1-17-8-9-19(22(32)12-17)13-21(37)14-20(15-25(38)39-30(5,6)7)27-26(18-10-11-18)28(41-36-27)23-16-24(40-35-23)31(33,34)29(2,3)4;1-21(2,3)23(24,25)15-11-14(26-32-15)20-18(12-7-8-12)19(27-33-20)13(9-16(28)29)10-17(30)31-22(4,5)6/h8-9,12,16,18,20H,10-11,13-15H2,1-7H3;11-13H,7-10H2,1-6H3,(H,28,29)/t20-;13-/m11/s1. The van der Waals surface area contributed by atoms with Gasteiger partial charge in [-0.1, -0.05) is 85.9 Å². The number of nitrogens with zero attached hydrogens (tertiary/aromatic N) is 4. The maximum Gasteiger partial charge on any atom is 0.312 e. The van der Waals surface area contributed by atoms with Gasteiger partial charge < -0.3 is 32.7 Å². The van der Waals surface area contributed by atoms with Crippen molar-refractivity contribution in [3.8, 4) is 22.9 Å². The van der Waals surface area contributed by atoms with E-state index < -0.39 is 75.1 Å². The van der Waals surface area contributed by atoms with Crippen molar-refractivity contribution in [2.24, 2.45) is 10.8 Å². The summed E-state index contributed by atoms with van der Waals surface area (Å²) in [6, 6.07) is 7.80. The predicted molar refractivity (Wildman–Crippen MR) is 263 cm³/mol. The molecule has 74 heavy (non-hydrogen) atoms. The molecule has 2 saturated carbocycles. The van der Waals surface area contributed by atoms with Gasteiger partial charge in [-0.3, -0.25) is 19.2 Å². The Labute approximate surface area is 432 Å². The second-order valence-corrected chi connectivity index (χ2v) is 24.0. The smallest absolute Gasteiger partial charge is 0.312 e. The van der Waals surface area contributed by atoms with Crippen LogP contribution in [-0.4, -0.2) is 60.6 Å². The van der Waals surface area contributed by atoms with Gasteiger partial charge in [0.25, 0.3) is 0 Å². The number of halogens is 5. The molecule has 4 heterocycles. The van der Waals surface area contributed by atoms with Gasteiger partial charge in [-0.2, -0.15) is 17.6 Å². The lowest BCUT2D eigenvalue weighted by Crippen LogP contribution is -2.30. The number of carboxylic acids is 1. The van der Waals surface area contributed by atoms with Crippen LogP contribution < -0.4 is 0 Å². The first kappa shape index (κ1) is 57.4. The Balaban J connectivity index is 0.000000247. The van der Waals surface area contributed by atoms with Crippen LogP contribution in [0.3, 0.4) is 0 Å². The molecular formula is C54H67ClF4N4O11. The third kappa shape index (κ3) is 14.1. The number of alkyl halides is 4. The molecular weight excluding hydrogens is 992 g/mol.